The third kappa shape index (κ3) is 3.84. The molecule has 17 heavy (non-hydrogen) atoms. The fourth-order valence-electron chi connectivity index (χ4n) is 1.13. The van der Waals surface area contributed by atoms with Gasteiger partial charge in [0.2, 0.25) is 5.91 Å². The van der Waals surface area contributed by atoms with E-state index >= 15 is 0 Å². The molecule has 0 aromatic carbocycles. The lowest BCUT2D eigenvalue weighted by Crippen LogP contribution is -2.32. The third-order valence-corrected chi connectivity index (χ3v) is 2.31. The summed E-state index contributed by atoms with van der Waals surface area (Å²) in [6.07, 6.45) is 1.43. The summed E-state index contributed by atoms with van der Waals surface area (Å²) < 4.78 is 0. The van der Waals surface area contributed by atoms with E-state index in [4.69, 9.17) is 10.8 Å². The number of pyridine rings is 1. The number of nitrogens with two attached hydrogens (primary N) is 1. The second-order valence-corrected chi connectivity index (χ2v) is 3.71. The lowest BCUT2D eigenvalue weighted by molar-refractivity contribution is -0.124. The number of carbonyl (C=O) groups is 2. The first-order valence-corrected chi connectivity index (χ1v) is 5.20. The minimum atomic E-state index is -1.07. The van der Waals surface area contributed by atoms with Crippen molar-refractivity contribution in [3.63, 3.8) is 0 Å². The lowest BCUT2D eigenvalue weighted by atomic mass is 10.1. The Balaban J connectivity index is 2.53. The Morgan fingerprint density at radius 1 is 1.53 bits per heavy atom. The maximum atomic E-state index is 11.4. The summed E-state index contributed by atoms with van der Waals surface area (Å²) in [5, 5.41) is 11.3. The third-order valence-electron chi connectivity index (χ3n) is 2.31. The molecule has 1 aromatic rings. The van der Waals surface area contributed by atoms with Gasteiger partial charge in [-0.15, -0.1) is 0 Å². The van der Waals surface area contributed by atoms with E-state index in [1.807, 2.05) is 0 Å². The predicted molar refractivity (Wildman–Crippen MR) is 61.3 cm³/mol. The van der Waals surface area contributed by atoms with Crippen LogP contribution in [0.4, 0.5) is 0 Å². The van der Waals surface area contributed by atoms with Gasteiger partial charge in [0.1, 0.15) is 5.69 Å². The Morgan fingerprint density at radius 3 is 2.71 bits per heavy atom. The SMILES string of the molecule is CC(CN)C(=O)NCc1ccc(C(=O)O)nc1. The van der Waals surface area contributed by atoms with Crippen molar-refractivity contribution in [1.29, 1.82) is 0 Å². The zero-order valence-corrected chi connectivity index (χ0v) is 9.51. The average molecular weight is 237 g/mol. The van der Waals surface area contributed by atoms with Gasteiger partial charge >= 0.3 is 5.97 Å². The molecule has 0 radical (unpaired) electrons. The molecule has 4 N–H and O–H groups in total. The molecule has 6 heteroatoms. The standard InChI is InChI=1S/C11H15N3O3/c1-7(4-12)10(15)14-6-8-2-3-9(11(16)17)13-5-8/h2-3,5,7H,4,6,12H2,1H3,(H,14,15)(H,16,17). The molecule has 0 spiro atoms. The minimum absolute atomic E-state index is 0.0181. The van der Waals surface area contributed by atoms with E-state index in [-0.39, 0.29) is 17.5 Å². The van der Waals surface area contributed by atoms with Crippen molar-refractivity contribution in [2.24, 2.45) is 11.7 Å². The maximum Gasteiger partial charge on any atom is 0.354 e. The van der Waals surface area contributed by atoms with Gasteiger partial charge in [0.05, 0.1) is 0 Å². The fourth-order valence-corrected chi connectivity index (χ4v) is 1.13. The van der Waals surface area contributed by atoms with Crippen LogP contribution in [-0.4, -0.2) is 28.5 Å². The first-order chi connectivity index (χ1) is 8.04. The number of carboxylic acid groups (broad SMARTS) is 1. The number of rotatable bonds is 5. The molecule has 1 atom stereocenters. The Kier molecular flexibility index (Phi) is 4.59. The van der Waals surface area contributed by atoms with Crippen LogP contribution in [-0.2, 0) is 11.3 Å². The summed E-state index contributed by atoms with van der Waals surface area (Å²) in [7, 11) is 0. The van der Waals surface area contributed by atoms with Crippen LogP contribution in [0, 0.1) is 5.92 Å². The van der Waals surface area contributed by atoms with E-state index in [9.17, 15) is 9.59 Å². The van der Waals surface area contributed by atoms with Crippen molar-refractivity contribution >= 4 is 11.9 Å². The van der Waals surface area contributed by atoms with Crippen molar-refractivity contribution in [3.8, 4) is 0 Å². The summed E-state index contributed by atoms with van der Waals surface area (Å²) in [6.45, 7) is 2.35. The summed E-state index contributed by atoms with van der Waals surface area (Å²) in [5.74, 6) is -1.44. The van der Waals surface area contributed by atoms with Gasteiger partial charge in [-0.2, -0.15) is 0 Å². The van der Waals surface area contributed by atoms with E-state index in [2.05, 4.69) is 10.3 Å². The summed E-state index contributed by atoms with van der Waals surface area (Å²) >= 11 is 0. The smallest absolute Gasteiger partial charge is 0.354 e. The molecule has 0 fully saturated rings. The second-order valence-electron chi connectivity index (χ2n) is 3.71. The van der Waals surface area contributed by atoms with Crippen LogP contribution >= 0.6 is 0 Å². The average Bonchev–Trinajstić information content (AvgIpc) is 2.35. The lowest BCUT2D eigenvalue weighted by Gasteiger charge is -2.09. The van der Waals surface area contributed by atoms with Gasteiger partial charge in [0.25, 0.3) is 0 Å². The maximum absolute atomic E-state index is 11.4. The normalized spacial score (nSPS) is 11.9. The van der Waals surface area contributed by atoms with Crippen molar-refractivity contribution in [1.82, 2.24) is 10.3 Å². The van der Waals surface area contributed by atoms with Gasteiger partial charge in [-0.25, -0.2) is 9.78 Å². The highest BCUT2D eigenvalue weighted by Gasteiger charge is 2.10. The summed E-state index contributed by atoms with van der Waals surface area (Å²) in [4.78, 5) is 25.7. The van der Waals surface area contributed by atoms with Crippen molar-refractivity contribution < 1.29 is 14.7 Å². The van der Waals surface area contributed by atoms with E-state index in [0.29, 0.717) is 13.1 Å². The Labute approximate surface area is 98.8 Å². The van der Waals surface area contributed by atoms with Gasteiger partial charge < -0.3 is 16.2 Å². The zero-order chi connectivity index (χ0) is 12.8. The molecular formula is C11H15N3O3. The van der Waals surface area contributed by atoms with E-state index in [0.717, 1.165) is 5.56 Å². The Hall–Kier alpha value is -1.95. The number of aromatic nitrogens is 1. The molecule has 1 rings (SSSR count). The van der Waals surface area contributed by atoms with Crippen molar-refractivity contribution in [3.05, 3.63) is 29.6 Å². The number of hydrogen-bond donors (Lipinski definition) is 3. The monoisotopic (exact) mass is 237 g/mol. The largest absolute Gasteiger partial charge is 0.477 e. The minimum Gasteiger partial charge on any atom is -0.477 e. The second kappa shape index (κ2) is 5.95. The first-order valence-electron chi connectivity index (χ1n) is 5.20. The van der Waals surface area contributed by atoms with Crippen LogP contribution in [0.15, 0.2) is 18.3 Å². The van der Waals surface area contributed by atoms with Gasteiger partial charge in [-0.1, -0.05) is 13.0 Å². The number of nitrogens with one attached hydrogen (secondary N) is 1. The van der Waals surface area contributed by atoms with Crippen molar-refractivity contribution in [2.45, 2.75) is 13.5 Å². The number of hydrogen-bond acceptors (Lipinski definition) is 4. The van der Waals surface area contributed by atoms with Crippen molar-refractivity contribution in [2.75, 3.05) is 6.54 Å². The predicted octanol–water partition coefficient (Wildman–Crippen LogP) is -0.00920. The van der Waals surface area contributed by atoms with Gasteiger partial charge in [0.15, 0.2) is 0 Å². The van der Waals surface area contributed by atoms with Gasteiger partial charge in [0, 0.05) is 25.2 Å². The van der Waals surface area contributed by atoms with Crippen LogP contribution < -0.4 is 11.1 Å². The fraction of sp³-hybridized carbons (Fsp3) is 0.364. The number of carboxylic acids is 1. The van der Waals surface area contributed by atoms with Crippen LogP contribution in [0.5, 0.6) is 0 Å². The van der Waals surface area contributed by atoms with E-state index in [1.165, 1.54) is 12.3 Å². The molecule has 0 bridgehead atoms. The highest BCUT2D eigenvalue weighted by molar-refractivity contribution is 5.85. The van der Waals surface area contributed by atoms with E-state index < -0.39 is 5.97 Å². The molecular weight excluding hydrogens is 222 g/mol. The molecule has 1 aromatic heterocycles. The highest BCUT2D eigenvalue weighted by Crippen LogP contribution is 2.01. The van der Waals surface area contributed by atoms with Crippen LogP contribution in [0.1, 0.15) is 23.0 Å². The molecule has 1 heterocycles. The van der Waals surface area contributed by atoms with Gasteiger partial charge in [-0.3, -0.25) is 4.79 Å². The Bertz CT molecular complexity index is 403. The Morgan fingerprint density at radius 2 is 2.24 bits per heavy atom. The molecule has 0 saturated heterocycles. The van der Waals surface area contributed by atoms with Gasteiger partial charge in [-0.05, 0) is 11.6 Å². The van der Waals surface area contributed by atoms with Crippen LogP contribution in [0.3, 0.4) is 0 Å². The molecule has 0 aliphatic carbocycles. The number of amides is 1. The topological polar surface area (TPSA) is 105 Å². The molecule has 92 valence electrons. The summed E-state index contributed by atoms with van der Waals surface area (Å²) in [6, 6.07) is 3.01. The molecule has 0 saturated carbocycles. The molecule has 1 amide bonds. The van der Waals surface area contributed by atoms with Crippen LogP contribution in [0.25, 0.3) is 0 Å². The van der Waals surface area contributed by atoms with E-state index in [1.54, 1.807) is 13.0 Å². The number of aromatic carboxylic acids is 1. The quantitative estimate of drug-likeness (QED) is 0.668. The number of carbonyl (C=O) groups excluding carboxylic acids is 1. The first kappa shape index (κ1) is 13.1. The molecule has 0 aliphatic heterocycles. The highest BCUT2D eigenvalue weighted by atomic mass is 16.4. The molecule has 1 unspecified atom stereocenters. The summed E-state index contributed by atoms with van der Waals surface area (Å²) in [5.41, 5.74) is 6.08. The number of nitrogens with zero attached hydrogens (tertiary/aromatic N) is 1. The van der Waals surface area contributed by atoms with Crippen LogP contribution in [0.2, 0.25) is 0 Å². The molecule has 0 aliphatic rings. The zero-order valence-electron chi connectivity index (χ0n) is 9.51. The molecule has 6 nitrogen and oxygen atoms in total.